The molecule has 0 unspecified atom stereocenters. The van der Waals surface area contributed by atoms with Gasteiger partial charge in [0.1, 0.15) is 12.4 Å². The number of aliphatic carboxylic acids is 1. The van der Waals surface area contributed by atoms with Gasteiger partial charge < -0.3 is 14.7 Å². The molecule has 0 aliphatic heterocycles. The number of hydrogen-bond donors (Lipinski definition) is 1. The third-order valence-corrected chi connectivity index (χ3v) is 2.60. The first-order valence-electron chi connectivity index (χ1n) is 5.72. The van der Waals surface area contributed by atoms with E-state index in [-0.39, 0.29) is 18.7 Å². The third kappa shape index (κ3) is 4.33. The standard InChI is InChI=1S/C13H16FNO4/c1-9-3-4-10(7-11(9)14)13(18)15(5-6-19-2)8-12(16)17/h3-4,7H,5-6,8H2,1-2H3,(H,16,17). The molecule has 0 saturated carbocycles. The normalized spacial score (nSPS) is 10.3. The van der Waals surface area contributed by atoms with Gasteiger partial charge in [-0.1, -0.05) is 6.07 Å². The van der Waals surface area contributed by atoms with E-state index in [0.29, 0.717) is 5.56 Å². The van der Waals surface area contributed by atoms with E-state index in [4.69, 9.17) is 9.84 Å². The van der Waals surface area contributed by atoms with Crippen molar-refractivity contribution in [3.8, 4) is 0 Å². The van der Waals surface area contributed by atoms with E-state index in [9.17, 15) is 14.0 Å². The second-order valence-electron chi connectivity index (χ2n) is 4.08. The zero-order chi connectivity index (χ0) is 14.4. The van der Waals surface area contributed by atoms with E-state index in [1.165, 1.54) is 19.2 Å². The summed E-state index contributed by atoms with van der Waals surface area (Å²) in [5.41, 5.74) is 0.554. The highest BCUT2D eigenvalue weighted by atomic mass is 19.1. The zero-order valence-electron chi connectivity index (χ0n) is 10.9. The minimum Gasteiger partial charge on any atom is -0.480 e. The van der Waals surface area contributed by atoms with Crippen LogP contribution in [0.4, 0.5) is 4.39 Å². The number of aryl methyl sites for hydroxylation is 1. The van der Waals surface area contributed by atoms with Gasteiger partial charge in [-0.15, -0.1) is 0 Å². The van der Waals surface area contributed by atoms with Crippen molar-refractivity contribution in [3.63, 3.8) is 0 Å². The molecule has 0 aromatic heterocycles. The second kappa shape index (κ2) is 6.84. The third-order valence-electron chi connectivity index (χ3n) is 2.60. The van der Waals surface area contributed by atoms with E-state index >= 15 is 0 Å². The van der Waals surface area contributed by atoms with Crippen LogP contribution in [0.15, 0.2) is 18.2 Å². The number of benzene rings is 1. The van der Waals surface area contributed by atoms with Gasteiger partial charge in [-0.05, 0) is 24.6 Å². The molecule has 1 amide bonds. The van der Waals surface area contributed by atoms with Crippen LogP contribution in [0.25, 0.3) is 0 Å². The molecule has 104 valence electrons. The molecule has 0 aliphatic rings. The molecule has 5 nitrogen and oxygen atoms in total. The topological polar surface area (TPSA) is 66.8 Å². The maximum absolute atomic E-state index is 13.4. The molecule has 0 bridgehead atoms. The van der Waals surface area contributed by atoms with E-state index in [1.54, 1.807) is 6.92 Å². The van der Waals surface area contributed by atoms with Gasteiger partial charge in [0.15, 0.2) is 0 Å². The van der Waals surface area contributed by atoms with Crippen LogP contribution in [0.2, 0.25) is 0 Å². The number of amides is 1. The zero-order valence-corrected chi connectivity index (χ0v) is 10.9. The summed E-state index contributed by atoms with van der Waals surface area (Å²) in [4.78, 5) is 23.9. The number of carbonyl (C=O) groups is 2. The molecule has 0 atom stereocenters. The number of halogens is 1. The number of methoxy groups -OCH3 is 1. The number of nitrogens with zero attached hydrogens (tertiary/aromatic N) is 1. The van der Waals surface area contributed by atoms with Crippen LogP contribution in [0.5, 0.6) is 0 Å². The Bertz CT molecular complexity index is 476. The van der Waals surface area contributed by atoms with Crippen molar-refractivity contribution in [2.24, 2.45) is 0 Å². The van der Waals surface area contributed by atoms with Crippen molar-refractivity contribution in [2.45, 2.75) is 6.92 Å². The van der Waals surface area contributed by atoms with Crippen LogP contribution < -0.4 is 0 Å². The van der Waals surface area contributed by atoms with Crippen LogP contribution in [-0.2, 0) is 9.53 Å². The predicted molar refractivity (Wildman–Crippen MR) is 66.6 cm³/mol. The molecule has 0 heterocycles. The molecule has 6 heteroatoms. The lowest BCUT2D eigenvalue weighted by Gasteiger charge is -2.20. The Morgan fingerprint density at radius 3 is 2.63 bits per heavy atom. The first kappa shape index (κ1) is 15.1. The Balaban J connectivity index is 2.90. The average Bonchev–Trinajstić information content (AvgIpc) is 2.36. The van der Waals surface area contributed by atoms with Crippen molar-refractivity contribution in [2.75, 3.05) is 26.8 Å². The van der Waals surface area contributed by atoms with Crippen LogP contribution >= 0.6 is 0 Å². The van der Waals surface area contributed by atoms with E-state index in [1.807, 2.05) is 0 Å². The van der Waals surface area contributed by atoms with Gasteiger partial charge in [0.25, 0.3) is 5.91 Å². The molecule has 0 saturated heterocycles. The highest BCUT2D eigenvalue weighted by molar-refractivity contribution is 5.95. The highest BCUT2D eigenvalue weighted by Gasteiger charge is 2.19. The molecule has 0 spiro atoms. The minimum atomic E-state index is -1.13. The molecule has 0 aliphatic carbocycles. The van der Waals surface area contributed by atoms with Crippen LogP contribution in [0, 0.1) is 12.7 Å². The molecule has 19 heavy (non-hydrogen) atoms. The van der Waals surface area contributed by atoms with Gasteiger partial charge in [0.2, 0.25) is 0 Å². The monoisotopic (exact) mass is 269 g/mol. The SMILES string of the molecule is COCCN(CC(=O)O)C(=O)c1ccc(C)c(F)c1. The average molecular weight is 269 g/mol. The Morgan fingerprint density at radius 1 is 1.42 bits per heavy atom. The van der Waals surface area contributed by atoms with Crippen molar-refractivity contribution >= 4 is 11.9 Å². The maximum Gasteiger partial charge on any atom is 0.323 e. The number of carboxylic acid groups (broad SMARTS) is 1. The summed E-state index contributed by atoms with van der Waals surface area (Å²) < 4.78 is 18.2. The predicted octanol–water partition coefficient (Wildman–Crippen LogP) is 1.31. The van der Waals surface area contributed by atoms with E-state index in [0.717, 1.165) is 11.0 Å². The second-order valence-corrected chi connectivity index (χ2v) is 4.08. The summed E-state index contributed by atoms with van der Waals surface area (Å²) in [5.74, 6) is -2.15. The van der Waals surface area contributed by atoms with Crippen LogP contribution in [-0.4, -0.2) is 48.7 Å². The molecule has 0 fully saturated rings. The fourth-order valence-electron chi connectivity index (χ4n) is 1.53. The Kier molecular flexibility index (Phi) is 5.44. The summed E-state index contributed by atoms with van der Waals surface area (Å²) in [6.07, 6.45) is 0. The minimum absolute atomic E-state index is 0.125. The molecule has 1 aromatic rings. The molecule has 1 rings (SSSR count). The van der Waals surface area contributed by atoms with E-state index in [2.05, 4.69) is 0 Å². The number of carboxylic acids is 1. The summed E-state index contributed by atoms with van der Waals surface area (Å²) in [7, 11) is 1.45. The van der Waals surface area contributed by atoms with Crippen molar-refractivity contribution < 1.29 is 23.8 Å². The molecular weight excluding hydrogens is 253 g/mol. The Hall–Kier alpha value is -1.95. The van der Waals surface area contributed by atoms with Crippen molar-refractivity contribution in [1.82, 2.24) is 4.90 Å². The maximum atomic E-state index is 13.4. The van der Waals surface area contributed by atoms with Gasteiger partial charge in [-0.3, -0.25) is 9.59 Å². The van der Waals surface area contributed by atoms with Crippen molar-refractivity contribution in [1.29, 1.82) is 0 Å². The summed E-state index contributed by atoms with van der Waals surface area (Å²) in [5, 5.41) is 8.77. The molecule has 0 radical (unpaired) electrons. The molecule has 1 aromatic carbocycles. The number of rotatable bonds is 6. The molecule has 1 N–H and O–H groups in total. The smallest absolute Gasteiger partial charge is 0.323 e. The van der Waals surface area contributed by atoms with Gasteiger partial charge in [0.05, 0.1) is 6.61 Å². The van der Waals surface area contributed by atoms with Crippen LogP contribution in [0.3, 0.4) is 0 Å². The van der Waals surface area contributed by atoms with Gasteiger partial charge in [-0.25, -0.2) is 4.39 Å². The Morgan fingerprint density at radius 2 is 2.11 bits per heavy atom. The van der Waals surface area contributed by atoms with E-state index < -0.39 is 24.2 Å². The van der Waals surface area contributed by atoms with Gasteiger partial charge in [-0.2, -0.15) is 0 Å². The quantitative estimate of drug-likeness (QED) is 0.845. The van der Waals surface area contributed by atoms with Crippen molar-refractivity contribution in [3.05, 3.63) is 35.1 Å². The fourth-order valence-corrected chi connectivity index (χ4v) is 1.53. The Labute approximate surface area is 110 Å². The number of hydrogen-bond acceptors (Lipinski definition) is 3. The number of ether oxygens (including phenoxy) is 1. The first-order valence-corrected chi connectivity index (χ1v) is 5.72. The first-order chi connectivity index (χ1) is 8.95. The van der Waals surface area contributed by atoms with Gasteiger partial charge >= 0.3 is 5.97 Å². The number of carbonyl (C=O) groups excluding carboxylic acids is 1. The lowest BCUT2D eigenvalue weighted by molar-refractivity contribution is -0.137. The summed E-state index contributed by atoms with van der Waals surface area (Å²) >= 11 is 0. The lowest BCUT2D eigenvalue weighted by Crippen LogP contribution is -2.38. The summed E-state index contributed by atoms with van der Waals surface area (Å²) in [6, 6.07) is 4.07. The van der Waals surface area contributed by atoms with Gasteiger partial charge in [0, 0.05) is 19.2 Å². The largest absolute Gasteiger partial charge is 0.480 e. The summed E-state index contributed by atoms with van der Waals surface area (Å²) in [6.45, 7) is 1.49. The fraction of sp³-hybridized carbons (Fsp3) is 0.385. The van der Waals surface area contributed by atoms with Crippen LogP contribution in [0.1, 0.15) is 15.9 Å². The molecular formula is C13H16FNO4. The lowest BCUT2D eigenvalue weighted by atomic mass is 10.1. The highest BCUT2D eigenvalue weighted by Crippen LogP contribution is 2.11.